The number of nitrogens with zero attached hydrogens (tertiary/aromatic N) is 1. The van der Waals surface area contributed by atoms with E-state index in [0.29, 0.717) is 0 Å². The van der Waals surface area contributed by atoms with Crippen LogP contribution in [0.25, 0.3) is 0 Å². The molecule has 0 aliphatic carbocycles. The molecule has 0 bridgehead atoms. The first-order chi connectivity index (χ1) is 8.43. The lowest BCUT2D eigenvalue weighted by atomic mass is 10.3. The van der Waals surface area contributed by atoms with E-state index in [-0.39, 0.29) is 18.8 Å². The molecule has 1 atom stereocenters. The summed E-state index contributed by atoms with van der Waals surface area (Å²) in [5, 5.41) is 9.47. The number of carbonyl (C=O) groups excluding carboxylic acids is 1. The number of H-pyrrole nitrogens is 2. The van der Waals surface area contributed by atoms with E-state index in [2.05, 4.69) is 4.98 Å². The van der Waals surface area contributed by atoms with Gasteiger partial charge in [0.05, 0.1) is 12.7 Å². The Morgan fingerprint density at radius 3 is 2.72 bits per heavy atom. The van der Waals surface area contributed by atoms with Crippen LogP contribution in [-0.4, -0.2) is 59.3 Å². The van der Waals surface area contributed by atoms with Crippen LogP contribution in [0.4, 0.5) is 0 Å². The summed E-state index contributed by atoms with van der Waals surface area (Å²) in [6.45, 7) is 0.116. The first-order valence-electron chi connectivity index (χ1n) is 5.20. The van der Waals surface area contributed by atoms with Gasteiger partial charge in [0.15, 0.2) is 0 Å². The molecule has 3 N–H and O–H groups in total. The molecule has 0 radical (unpaired) electrons. The van der Waals surface area contributed by atoms with E-state index in [9.17, 15) is 19.5 Å². The van der Waals surface area contributed by atoms with E-state index in [1.807, 2.05) is 4.98 Å². The number of ether oxygens (including phenoxy) is 1. The monoisotopic (exact) mass is 257 g/mol. The summed E-state index contributed by atoms with van der Waals surface area (Å²) in [4.78, 5) is 39.3. The van der Waals surface area contributed by atoms with Crippen molar-refractivity contribution in [2.75, 3.05) is 27.3 Å². The second kappa shape index (κ2) is 6.12. The third-order valence-electron chi connectivity index (χ3n) is 2.18. The van der Waals surface area contributed by atoms with Crippen LogP contribution in [0.1, 0.15) is 10.5 Å². The van der Waals surface area contributed by atoms with E-state index in [1.165, 1.54) is 19.1 Å². The number of hydrogen-bond donors (Lipinski definition) is 3. The zero-order valence-electron chi connectivity index (χ0n) is 10.1. The van der Waals surface area contributed by atoms with Gasteiger partial charge in [0.25, 0.3) is 11.5 Å². The number of methoxy groups -OCH3 is 1. The Balaban J connectivity index is 2.80. The summed E-state index contributed by atoms with van der Waals surface area (Å²) in [7, 11) is 2.87. The lowest BCUT2D eigenvalue weighted by Gasteiger charge is -2.20. The van der Waals surface area contributed by atoms with Crippen molar-refractivity contribution in [3.8, 4) is 0 Å². The van der Waals surface area contributed by atoms with E-state index in [0.717, 1.165) is 6.07 Å². The largest absolute Gasteiger partial charge is 0.389 e. The minimum atomic E-state index is -0.835. The minimum absolute atomic E-state index is 0.0293. The van der Waals surface area contributed by atoms with Crippen molar-refractivity contribution in [3.05, 3.63) is 32.6 Å². The summed E-state index contributed by atoms with van der Waals surface area (Å²) in [6, 6.07) is 0.989. The average Bonchev–Trinajstić information content (AvgIpc) is 2.26. The molecule has 1 unspecified atom stereocenters. The number of aliphatic hydroxyl groups is 1. The van der Waals surface area contributed by atoms with Gasteiger partial charge in [-0.3, -0.25) is 14.6 Å². The van der Waals surface area contributed by atoms with Crippen molar-refractivity contribution >= 4 is 5.91 Å². The number of aromatic nitrogens is 2. The van der Waals surface area contributed by atoms with Gasteiger partial charge >= 0.3 is 5.69 Å². The Labute approximate surface area is 102 Å². The molecular formula is C10H15N3O5. The summed E-state index contributed by atoms with van der Waals surface area (Å²) < 4.78 is 4.73. The van der Waals surface area contributed by atoms with Crippen molar-refractivity contribution in [1.29, 1.82) is 0 Å². The van der Waals surface area contributed by atoms with Crippen molar-refractivity contribution in [2.24, 2.45) is 0 Å². The highest BCUT2D eigenvalue weighted by atomic mass is 16.5. The molecule has 0 fully saturated rings. The molecule has 0 saturated heterocycles. The maximum Gasteiger partial charge on any atom is 0.326 e. The number of carbonyl (C=O) groups is 1. The van der Waals surface area contributed by atoms with Crippen molar-refractivity contribution < 1.29 is 14.6 Å². The molecular weight excluding hydrogens is 242 g/mol. The molecule has 1 aromatic rings. The van der Waals surface area contributed by atoms with Crippen LogP contribution >= 0.6 is 0 Å². The van der Waals surface area contributed by atoms with Crippen LogP contribution in [-0.2, 0) is 4.74 Å². The maximum atomic E-state index is 11.8. The van der Waals surface area contributed by atoms with Gasteiger partial charge in [0, 0.05) is 26.8 Å². The second-order valence-electron chi connectivity index (χ2n) is 3.80. The number of amides is 1. The zero-order chi connectivity index (χ0) is 13.7. The van der Waals surface area contributed by atoms with Gasteiger partial charge < -0.3 is 19.7 Å². The van der Waals surface area contributed by atoms with Gasteiger partial charge in [-0.05, 0) is 0 Å². The second-order valence-corrected chi connectivity index (χ2v) is 3.80. The van der Waals surface area contributed by atoms with Crippen LogP contribution in [0.5, 0.6) is 0 Å². The van der Waals surface area contributed by atoms with Gasteiger partial charge in [-0.2, -0.15) is 0 Å². The average molecular weight is 257 g/mol. The fourth-order valence-corrected chi connectivity index (χ4v) is 1.43. The summed E-state index contributed by atoms with van der Waals surface area (Å²) in [6.07, 6.45) is -0.835. The Bertz CT molecular complexity index is 492. The molecule has 0 aliphatic heterocycles. The fourth-order valence-electron chi connectivity index (χ4n) is 1.43. The number of aliphatic hydroxyl groups excluding tert-OH is 1. The van der Waals surface area contributed by atoms with E-state index in [4.69, 9.17) is 4.74 Å². The quantitative estimate of drug-likeness (QED) is 0.572. The SMILES string of the molecule is COCC(O)CN(C)C(=O)c1cc(=O)[nH]c(=O)[nH]1. The highest BCUT2D eigenvalue weighted by Crippen LogP contribution is 1.97. The molecule has 0 aromatic carbocycles. The van der Waals surface area contributed by atoms with Gasteiger partial charge in [0.2, 0.25) is 0 Å². The number of likely N-dealkylation sites (N-methyl/N-ethyl adjacent to an activating group) is 1. The van der Waals surface area contributed by atoms with Crippen LogP contribution in [0.15, 0.2) is 15.7 Å². The third kappa shape index (κ3) is 3.82. The zero-order valence-corrected chi connectivity index (χ0v) is 10.1. The number of nitrogens with one attached hydrogen (secondary N) is 2. The first kappa shape index (κ1) is 14.1. The molecule has 1 aromatic heterocycles. The standard InChI is InChI=1S/C10H15N3O5/c1-13(4-6(14)5-18-2)9(16)7-3-8(15)12-10(17)11-7/h3,6,14H,4-5H2,1-2H3,(H2,11,12,15,17). The topological polar surface area (TPSA) is 115 Å². The van der Waals surface area contributed by atoms with Crippen LogP contribution in [0.2, 0.25) is 0 Å². The third-order valence-corrected chi connectivity index (χ3v) is 2.18. The molecule has 8 nitrogen and oxygen atoms in total. The highest BCUT2D eigenvalue weighted by molar-refractivity contribution is 5.91. The van der Waals surface area contributed by atoms with E-state index in [1.54, 1.807) is 0 Å². The Morgan fingerprint density at radius 2 is 2.17 bits per heavy atom. The highest BCUT2D eigenvalue weighted by Gasteiger charge is 2.16. The normalized spacial score (nSPS) is 12.2. The lowest BCUT2D eigenvalue weighted by molar-refractivity contribution is 0.0377. The van der Waals surface area contributed by atoms with Gasteiger partial charge in [-0.1, -0.05) is 0 Å². The molecule has 8 heteroatoms. The molecule has 100 valence electrons. The number of hydrogen-bond acceptors (Lipinski definition) is 5. The molecule has 1 amide bonds. The molecule has 18 heavy (non-hydrogen) atoms. The molecule has 1 heterocycles. The molecule has 0 spiro atoms. The Hall–Kier alpha value is -1.93. The van der Waals surface area contributed by atoms with Crippen molar-refractivity contribution in [1.82, 2.24) is 14.9 Å². The molecule has 1 rings (SSSR count). The lowest BCUT2D eigenvalue weighted by Crippen LogP contribution is -2.38. The summed E-state index contributed by atoms with van der Waals surface area (Å²) >= 11 is 0. The number of aromatic amines is 2. The fraction of sp³-hybridized carbons (Fsp3) is 0.500. The predicted octanol–water partition coefficient (Wildman–Crippen LogP) is -1.86. The maximum absolute atomic E-state index is 11.8. The minimum Gasteiger partial charge on any atom is -0.389 e. The van der Waals surface area contributed by atoms with Crippen molar-refractivity contribution in [2.45, 2.75) is 6.10 Å². The number of rotatable bonds is 5. The Kier molecular flexibility index (Phi) is 4.81. The first-order valence-corrected chi connectivity index (χ1v) is 5.20. The van der Waals surface area contributed by atoms with E-state index >= 15 is 0 Å². The molecule has 0 saturated carbocycles. The van der Waals surface area contributed by atoms with Crippen LogP contribution < -0.4 is 11.2 Å². The van der Waals surface area contributed by atoms with E-state index < -0.39 is 23.3 Å². The summed E-state index contributed by atoms with van der Waals surface area (Å²) in [5.74, 6) is -0.562. The summed E-state index contributed by atoms with van der Waals surface area (Å²) in [5.41, 5.74) is -1.54. The van der Waals surface area contributed by atoms with Crippen LogP contribution in [0, 0.1) is 0 Å². The Morgan fingerprint density at radius 1 is 1.50 bits per heavy atom. The van der Waals surface area contributed by atoms with Crippen molar-refractivity contribution in [3.63, 3.8) is 0 Å². The molecule has 0 aliphatic rings. The smallest absolute Gasteiger partial charge is 0.326 e. The van der Waals surface area contributed by atoms with Gasteiger partial charge in [-0.25, -0.2) is 4.79 Å². The predicted molar refractivity (Wildman–Crippen MR) is 62.5 cm³/mol. The van der Waals surface area contributed by atoms with Gasteiger partial charge in [-0.15, -0.1) is 0 Å². The van der Waals surface area contributed by atoms with Gasteiger partial charge in [0.1, 0.15) is 5.69 Å². The van der Waals surface area contributed by atoms with Crippen LogP contribution in [0.3, 0.4) is 0 Å².